The maximum atomic E-state index is 11.9. The fraction of sp³-hybridized carbons (Fsp3) is 0.633. The Morgan fingerprint density at radius 3 is 2.15 bits per heavy atom. The molecule has 2 atom stereocenters. The summed E-state index contributed by atoms with van der Waals surface area (Å²) in [5.74, 6) is 0.844. The molecule has 0 aliphatic heterocycles. The van der Waals surface area contributed by atoms with E-state index < -0.39 is 12.2 Å². The number of nitrogens with zero attached hydrogens (tertiary/aromatic N) is 1. The molecule has 1 aromatic carbocycles. The summed E-state index contributed by atoms with van der Waals surface area (Å²) in [5.41, 5.74) is 7.86. The van der Waals surface area contributed by atoms with Crippen LogP contribution in [0.15, 0.2) is 24.3 Å². The van der Waals surface area contributed by atoms with Crippen LogP contribution in [-0.4, -0.2) is 15.2 Å². The minimum Gasteiger partial charge on any atom is -0.388 e. The minimum atomic E-state index is -0.682. The summed E-state index contributed by atoms with van der Waals surface area (Å²) in [6, 6.07) is 8.33. The van der Waals surface area contributed by atoms with Gasteiger partial charge in [-0.25, -0.2) is 0 Å². The van der Waals surface area contributed by atoms with Crippen LogP contribution >= 0.6 is 0 Å². The fourth-order valence-electron chi connectivity index (χ4n) is 6.91. The molecule has 0 radical (unpaired) electrons. The van der Waals surface area contributed by atoms with E-state index in [1.54, 1.807) is 0 Å². The first-order valence-electron chi connectivity index (χ1n) is 13.3. The van der Waals surface area contributed by atoms with Gasteiger partial charge in [-0.1, -0.05) is 75.8 Å². The van der Waals surface area contributed by atoms with Gasteiger partial charge in [0.1, 0.15) is 6.10 Å². The van der Waals surface area contributed by atoms with Crippen molar-refractivity contribution in [1.82, 2.24) is 4.98 Å². The highest BCUT2D eigenvalue weighted by molar-refractivity contribution is 5.50. The molecule has 33 heavy (non-hydrogen) atoms. The molecule has 3 aliphatic rings. The van der Waals surface area contributed by atoms with E-state index in [2.05, 4.69) is 45.0 Å². The number of aryl methyl sites for hydroxylation is 1. The number of hydrogen-bond acceptors (Lipinski definition) is 3. The predicted molar refractivity (Wildman–Crippen MR) is 134 cm³/mol. The summed E-state index contributed by atoms with van der Waals surface area (Å²) in [7, 11) is 0. The zero-order valence-electron chi connectivity index (χ0n) is 20.7. The van der Waals surface area contributed by atoms with Gasteiger partial charge in [0.2, 0.25) is 0 Å². The van der Waals surface area contributed by atoms with Crippen LogP contribution in [0.25, 0.3) is 0 Å². The third kappa shape index (κ3) is 4.51. The largest absolute Gasteiger partial charge is 0.388 e. The second kappa shape index (κ2) is 9.15. The first kappa shape index (κ1) is 23.1. The first-order chi connectivity index (χ1) is 15.8. The van der Waals surface area contributed by atoms with Crippen molar-refractivity contribution in [2.75, 3.05) is 0 Å². The lowest BCUT2D eigenvalue weighted by atomic mass is 9.69. The van der Waals surface area contributed by atoms with Gasteiger partial charge in [-0.2, -0.15) is 0 Å². The van der Waals surface area contributed by atoms with Gasteiger partial charge in [-0.05, 0) is 67.9 Å². The number of aliphatic hydroxyl groups is 2. The Morgan fingerprint density at radius 2 is 1.48 bits per heavy atom. The minimum absolute atomic E-state index is 0.0489. The Kier molecular flexibility index (Phi) is 6.39. The van der Waals surface area contributed by atoms with Crippen LogP contribution in [0, 0.1) is 12.3 Å². The highest BCUT2D eigenvalue weighted by Crippen LogP contribution is 2.50. The quantitative estimate of drug-likeness (QED) is 0.522. The van der Waals surface area contributed by atoms with Gasteiger partial charge in [0.15, 0.2) is 0 Å². The van der Waals surface area contributed by atoms with Crippen molar-refractivity contribution in [3.05, 3.63) is 63.5 Å². The molecule has 2 fully saturated rings. The SMILES string of the molecule is Cc1ccc([C@H](O)c2c(C3CCCC3)nc3c(c2C2CCCCC2)[C@@H](O)CC(C)(C)C3)cc1. The molecule has 2 N–H and O–H groups in total. The monoisotopic (exact) mass is 447 g/mol. The van der Waals surface area contributed by atoms with Crippen molar-refractivity contribution < 1.29 is 10.2 Å². The summed E-state index contributed by atoms with van der Waals surface area (Å²) in [6.45, 7) is 6.60. The molecule has 2 aromatic rings. The zero-order chi connectivity index (χ0) is 23.2. The number of benzene rings is 1. The Morgan fingerprint density at radius 1 is 0.879 bits per heavy atom. The van der Waals surface area contributed by atoms with Gasteiger partial charge in [0, 0.05) is 22.7 Å². The third-order valence-corrected chi connectivity index (χ3v) is 8.57. The van der Waals surface area contributed by atoms with Crippen LogP contribution < -0.4 is 0 Å². The van der Waals surface area contributed by atoms with Gasteiger partial charge in [0.05, 0.1) is 11.8 Å². The van der Waals surface area contributed by atoms with Crippen LogP contribution in [0.4, 0.5) is 0 Å². The molecule has 3 nitrogen and oxygen atoms in total. The van der Waals surface area contributed by atoms with Gasteiger partial charge < -0.3 is 10.2 Å². The average molecular weight is 448 g/mol. The van der Waals surface area contributed by atoms with E-state index in [-0.39, 0.29) is 5.41 Å². The molecule has 3 aliphatic carbocycles. The highest BCUT2D eigenvalue weighted by Gasteiger charge is 2.40. The standard InChI is InChI=1S/C30H41NO2/c1-19-13-15-22(16-14-19)29(33)27-25(20-9-5-4-6-10-20)26-23(17-30(2,3)18-24(26)32)31-28(27)21-11-7-8-12-21/h13-16,20-21,24,29,32-33H,4-12,17-18H2,1-3H3/t24-,29-/m0/s1. The van der Waals surface area contributed by atoms with Crippen LogP contribution in [0.5, 0.6) is 0 Å². The normalized spacial score (nSPS) is 24.6. The van der Waals surface area contributed by atoms with Crippen molar-refractivity contribution in [2.45, 2.75) is 115 Å². The molecular formula is C30H41NO2. The number of aliphatic hydroxyl groups excluding tert-OH is 2. The number of rotatable bonds is 4. The number of aromatic nitrogens is 1. The lowest BCUT2D eigenvalue weighted by molar-refractivity contribution is 0.0956. The maximum Gasteiger partial charge on any atom is 0.106 e. The number of hydrogen-bond donors (Lipinski definition) is 2. The van der Waals surface area contributed by atoms with E-state index in [9.17, 15) is 10.2 Å². The molecule has 0 spiro atoms. The van der Waals surface area contributed by atoms with Crippen LogP contribution in [-0.2, 0) is 6.42 Å². The lowest BCUT2D eigenvalue weighted by Gasteiger charge is -2.39. The van der Waals surface area contributed by atoms with Crippen molar-refractivity contribution >= 4 is 0 Å². The van der Waals surface area contributed by atoms with E-state index in [1.165, 1.54) is 43.2 Å². The summed E-state index contributed by atoms with van der Waals surface area (Å²) in [5, 5.41) is 23.4. The number of fused-ring (bicyclic) bond motifs is 1. The van der Waals surface area contributed by atoms with Gasteiger partial charge in [-0.15, -0.1) is 0 Å². The Bertz CT molecular complexity index is 981. The Labute approximate surface area is 199 Å². The zero-order valence-corrected chi connectivity index (χ0v) is 20.7. The van der Waals surface area contributed by atoms with Crippen molar-refractivity contribution in [1.29, 1.82) is 0 Å². The first-order valence-corrected chi connectivity index (χ1v) is 13.3. The van der Waals surface area contributed by atoms with Crippen molar-refractivity contribution in [3.63, 3.8) is 0 Å². The van der Waals surface area contributed by atoms with Crippen LogP contribution in [0.3, 0.4) is 0 Å². The van der Waals surface area contributed by atoms with Crippen molar-refractivity contribution in [2.24, 2.45) is 5.41 Å². The topological polar surface area (TPSA) is 53.4 Å². The average Bonchev–Trinajstić information content (AvgIpc) is 3.32. The Balaban J connectivity index is 1.75. The molecule has 1 heterocycles. The predicted octanol–water partition coefficient (Wildman–Crippen LogP) is 7.18. The highest BCUT2D eigenvalue weighted by atomic mass is 16.3. The van der Waals surface area contributed by atoms with Crippen LogP contribution in [0.2, 0.25) is 0 Å². The summed E-state index contributed by atoms with van der Waals surface area (Å²) >= 11 is 0. The van der Waals surface area contributed by atoms with Crippen molar-refractivity contribution in [3.8, 4) is 0 Å². The third-order valence-electron chi connectivity index (χ3n) is 8.57. The summed E-state index contributed by atoms with van der Waals surface area (Å²) in [4.78, 5) is 5.34. The Hall–Kier alpha value is -1.71. The fourth-order valence-corrected chi connectivity index (χ4v) is 6.91. The molecule has 2 saturated carbocycles. The smallest absolute Gasteiger partial charge is 0.106 e. The van der Waals surface area contributed by atoms with Gasteiger partial charge in [-0.3, -0.25) is 4.98 Å². The maximum absolute atomic E-state index is 11.9. The molecule has 0 saturated heterocycles. The van der Waals surface area contributed by atoms with E-state index in [4.69, 9.17) is 4.98 Å². The van der Waals surface area contributed by atoms with Gasteiger partial charge >= 0.3 is 0 Å². The second-order valence-corrected chi connectivity index (χ2v) is 11.9. The van der Waals surface area contributed by atoms with Crippen LogP contribution in [0.1, 0.15) is 141 Å². The van der Waals surface area contributed by atoms with E-state index in [0.717, 1.165) is 66.6 Å². The summed E-state index contributed by atoms with van der Waals surface area (Å²) in [6.07, 6.45) is 11.4. The summed E-state index contributed by atoms with van der Waals surface area (Å²) < 4.78 is 0. The molecular weight excluding hydrogens is 406 g/mol. The molecule has 1 aromatic heterocycles. The molecule has 178 valence electrons. The number of pyridine rings is 1. The van der Waals surface area contributed by atoms with E-state index in [0.29, 0.717) is 11.8 Å². The molecule has 0 unspecified atom stereocenters. The molecule has 0 bridgehead atoms. The molecule has 3 heteroatoms. The lowest BCUT2D eigenvalue weighted by Crippen LogP contribution is -2.31. The molecule has 5 rings (SSSR count). The van der Waals surface area contributed by atoms with E-state index >= 15 is 0 Å². The van der Waals surface area contributed by atoms with Gasteiger partial charge in [0.25, 0.3) is 0 Å². The second-order valence-electron chi connectivity index (χ2n) is 11.9. The molecule has 0 amide bonds. The van der Waals surface area contributed by atoms with E-state index in [1.807, 2.05) is 0 Å².